The number of rotatable bonds is 1. The molecule has 4 atom stereocenters. The van der Waals surface area contributed by atoms with Crippen LogP contribution in [-0.4, -0.2) is 44.8 Å². The highest BCUT2D eigenvalue weighted by Crippen LogP contribution is 2.26. The van der Waals surface area contributed by atoms with Crippen LogP contribution in [0.3, 0.4) is 0 Å². The number of ether oxygens (including phenoxy) is 1. The van der Waals surface area contributed by atoms with Gasteiger partial charge >= 0.3 is 5.69 Å². The molecule has 0 spiro atoms. The Balaban J connectivity index is 2.37. The lowest BCUT2D eigenvalue weighted by Gasteiger charge is -2.34. The van der Waals surface area contributed by atoms with E-state index >= 15 is 0 Å². The Morgan fingerprint density at radius 1 is 1.61 bits per heavy atom. The van der Waals surface area contributed by atoms with Crippen molar-refractivity contribution >= 4 is 28.4 Å². The molecule has 2 rings (SSSR count). The van der Waals surface area contributed by atoms with Crippen LogP contribution >= 0.6 is 22.6 Å². The zero-order chi connectivity index (χ0) is 13.4. The van der Waals surface area contributed by atoms with Crippen LogP contribution in [0.5, 0.6) is 0 Å². The van der Waals surface area contributed by atoms with E-state index in [4.69, 9.17) is 10.5 Å². The van der Waals surface area contributed by atoms with Crippen molar-refractivity contribution in [2.75, 3.05) is 12.3 Å². The molecule has 1 aromatic rings. The second-order valence-corrected chi connectivity index (χ2v) is 5.05. The summed E-state index contributed by atoms with van der Waals surface area (Å²) < 4.78 is 20.2. The Hall–Kier alpha value is -0.780. The van der Waals surface area contributed by atoms with Crippen molar-refractivity contribution in [1.82, 2.24) is 9.55 Å². The van der Waals surface area contributed by atoms with E-state index in [9.17, 15) is 19.4 Å². The zero-order valence-corrected chi connectivity index (χ0v) is 11.2. The summed E-state index contributed by atoms with van der Waals surface area (Å²) in [6, 6.07) is 0. The van der Waals surface area contributed by atoms with Crippen LogP contribution in [0.15, 0.2) is 11.0 Å². The van der Waals surface area contributed by atoms with Crippen LogP contribution < -0.4 is 11.4 Å². The molecular weight excluding hydrogens is 360 g/mol. The van der Waals surface area contributed by atoms with Gasteiger partial charge in [0.1, 0.15) is 18.0 Å². The zero-order valence-electron chi connectivity index (χ0n) is 9.03. The van der Waals surface area contributed by atoms with E-state index in [1.54, 1.807) is 0 Å². The van der Waals surface area contributed by atoms with Crippen LogP contribution in [0.4, 0.5) is 10.2 Å². The minimum absolute atomic E-state index is 0.0450. The van der Waals surface area contributed by atoms with Gasteiger partial charge in [-0.15, -0.1) is 0 Å². The number of alkyl halides is 1. The number of aliphatic hydroxyl groups is 2. The standard InChI is InChI=1S/C9H11FIN3O4/c10-5-6(16)4(15)2-18-8(5)14-1-3(11)7(12)13-9(14)17/h1,4-6,8,15-16H,2H2,(H2,12,13,17)/t4-,5+,6-,8-/m1/s1. The van der Waals surface area contributed by atoms with Gasteiger partial charge in [-0.2, -0.15) is 4.98 Å². The van der Waals surface area contributed by atoms with Crippen LogP contribution in [0.25, 0.3) is 0 Å². The van der Waals surface area contributed by atoms with E-state index in [1.165, 1.54) is 6.20 Å². The van der Waals surface area contributed by atoms with Gasteiger partial charge in [0.25, 0.3) is 0 Å². The van der Waals surface area contributed by atoms with E-state index in [0.29, 0.717) is 3.57 Å². The second-order valence-electron chi connectivity index (χ2n) is 3.89. The molecule has 1 fully saturated rings. The first-order chi connectivity index (χ1) is 8.41. The third-order valence-corrected chi connectivity index (χ3v) is 3.47. The minimum Gasteiger partial charge on any atom is -0.388 e. The van der Waals surface area contributed by atoms with E-state index in [-0.39, 0.29) is 12.4 Å². The number of hydrogen-bond acceptors (Lipinski definition) is 6. The van der Waals surface area contributed by atoms with Crippen molar-refractivity contribution in [2.45, 2.75) is 24.6 Å². The minimum atomic E-state index is -1.92. The fourth-order valence-electron chi connectivity index (χ4n) is 1.64. The highest BCUT2D eigenvalue weighted by atomic mass is 127. The van der Waals surface area contributed by atoms with Gasteiger partial charge in [-0.05, 0) is 22.6 Å². The smallest absolute Gasteiger partial charge is 0.351 e. The second kappa shape index (κ2) is 5.07. The molecule has 1 saturated heterocycles. The highest BCUT2D eigenvalue weighted by Gasteiger charge is 2.40. The molecule has 0 radical (unpaired) electrons. The van der Waals surface area contributed by atoms with E-state index in [0.717, 1.165) is 4.57 Å². The summed E-state index contributed by atoms with van der Waals surface area (Å²) in [6.07, 6.45) is -4.86. The van der Waals surface area contributed by atoms with Crippen molar-refractivity contribution in [3.05, 3.63) is 20.3 Å². The molecule has 1 aliphatic rings. The maximum Gasteiger partial charge on any atom is 0.351 e. The fourth-order valence-corrected chi connectivity index (χ4v) is 2.06. The average Bonchev–Trinajstić information content (AvgIpc) is 2.32. The highest BCUT2D eigenvalue weighted by molar-refractivity contribution is 14.1. The van der Waals surface area contributed by atoms with E-state index in [1.807, 2.05) is 22.6 Å². The molecule has 0 amide bonds. The van der Waals surface area contributed by atoms with Gasteiger partial charge in [0, 0.05) is 6.20 Å². The van der Waals surface area contributed by atoms with Crippen molar-refractivity contribution in [3.8, 4) is 0 Å². The van der Waals surface area contributed by atoms with Crippen molar-refractivity contribution < 1.29 is 19.3 Å². The topological polar surface area (TPSA) is 111 Å². The number of aromatic nitrogens is 2. The molecule has 7 nitrogen and oxygen atoms in total. The van der Waals surface area contributed by atoms with Gasteiger partial charge in [0.05, 0.1) is 10.2 Å². The first-order valence-corrected chi connectivity index (χ1v) is 6.15. The number of nitrogen functional groups attached to an aromatic ring is 1. The fraction of sp³-hybridized carbons (Fsp3) is 0.556. The first kappa shape index (κ1) is 13.6. The predicted octanol–water partition coefficient (Wildman–Crippen LogP) is -0.981. The Morgan fingerprint density at radius 3 is 2.94 bits per heavy atom. The molecule has 9 heteroatoms. The number of hydrogen-bond donors (Lipinski definition) is 3. The lowest BCUT2D eigenvalue weighted by Crippen LogP contribution is -2.50. The van der Waals surface area contributed by atoms with Gasteiger partial charge in [-0.1, -0.05) is 0 Å². The Bertz CT molecular complexity index is 511. The van der Waals surface area contributed by atoms with Gasteiger partial charge in [-0.25, -0.2) is 9.18 Å². The molecule has 2 heterocycles. The van der Waals surface area contributed by atoms with E-state index < -0.39 is 30.3 Å². The van der Waals surface area contributed by atoms with Crippen molar-refractivity contribution in [1.29, 1.82) is 0 Å². The lowest BCUT2D eigenvalue weighted by atomic mass is 10.1. The van der Waals surface area contributed by atoms with Gasteiger partial charge in [0.15, 0.2) is 12.4 Å². The molecule has 100 valence electrons. The molecule has 1 aliphatic heterocycles. The summed E-state index contributed by atoms with van der Waals surface area (Å²) in [5.41, 5.74) is 4.67. The molecule has 0 aliphatic carbocycles. The monoisotopic (exact) mass is 371 g/mol. The normalized spacial score (nSPS) is 32.4. The number of aliphatic hydroxyl groups excluding tert-OH is 2. The maximum absolute atomic E-state index is 13.8. The van der Waals surface area contributed by atoms with Crippen LogP contribution in [-0.2, 0) is 4.74 Å². The van der Waals surface area contributed by atoms with Crippen molar-refractivity contribution in [2.24, 2.45) is 0 Å². The molecular formula is C9H11FIN3O4. The summed E-state index contributed by atoms with van der Waals surface area (Å²) in [6.45, 7) is -0.264. The molecule has 18 heavy (non-hydrogen) atoms. The number of halogens is 2. The van der Waals surface area contributed by atoms with Crippen LogP contribution in [0, 0.1) is 3.57 Å². The third kappa shape index (κ3) is 2.35. The number of nitrogens with zero attached hydrogens (tertiary/aromatic N) is 2. The maximum atomic E-state index is 13.8. The molecule has 0 saturated carbocycles. The van der Waals surface area contributed by atoms with Gasteiger partial charge < -0.3 is 20.7 Å². The first-order valence-electron chi connectivity index (χ1n) is 5.07. The van der Waals surface area contributed by atoms with Crippen molar-refractivity contribution in [3.63, 3.8) is 0 Å². The third-order valence-electron chi connectivity index (χ3n) is 2.64. The SMILES string of the molecule is Nc1nc(=O)n([C@@H]2OC[C@@H](O)[C@@H](O)[C@@H]2F)cc1I. The summed E-state index contributed by atoms with van der Waals surface area (Å²) in [4.78, 5) is 15.1. The average molecular weight is 371 g/mol. The Labute approximate surface area is 115 Å². The quantitative estimate of drug-likeness (QED) is 0.548. The molecule has 1 aromatic heterocycles. The molecule has 0 aromatic carbocycles. The summed E-state index contributed by atoms with van der Waals surface area (Å²) in [5.74, 6) is 0.0450. The lowest BCUT2D eigenvalue weighted by molar-refractivity contribution is -0.190. The number of anilines is 1. The molecule has 0 bridgehead atoms. The summed E-state index contributed by atoms with van der Waals surface area (Å²) in [5, 5.41) is 18.7. The van der Waals surface area contributed by atoms with Crippen LogP contribution in [0.1, 0.15) is 6.23 Å². The Morgan fingerprint density at radius 2 is 2.28 bits per heavy atom. The molecule has 4 N–H and O–H groups in total. The largest absolute Gasteiger partial charge is 0.388 e. The van der Waals surface area contributed by atoms with E-state index in [2.05, 4.69) is 4.98 Å². The number of nitrogens with two attached hydrogens (primary N) is 1. The molecule has 0 unspecified atom stereocenters. The van der Waals surface area contributed by atoms with Gasteiger partial charge in [0.2, 0.25) is 0 Å². The summed E-state index contributed by atoms with van der Waals surface area (Å²) >= 11 is 1.84. The summed E-state index contributed by atoms with van der Waals surface area (Å²) in [7, 11) is 0. The van der Waals surface area contributed by atoms with Crippen LogP contribution in [0.2, 0.25) is 0 Å². The van der Waals surface area contributed by atoms with Gasteiger partial charge in [-0.3, -0.25) is 4.57 Å². The Kier molecular flexibility index (Phi) is 3.84. The predicted molar refractivity (Wildman–Crippen MR) is 67.5 cm³/mol.